The molecule has 2 aliphatic rings. The fourth-order valence-electron chi connectivity index (χ4n) is 3.61. The molecule has 1 aromatic rings. The normalized spacial score (nSPS) is 20.8. The molecule has 1 aliphatic heterocycles. The molecule has 0 radical (unpaired) electrons. The summed E-state index contributed by atoms with van der Waals surface area (Å²) < 4.78 is 27.3. The van der Waals surface area contributed by atoms with Crippen LogP contribution in [0.3, 0.4) is 0 Å². The summed E-state index contributed by atoms with van der Waals surface area (Å²) in [7, 11) is -3.36. The quantitative estimate of drug-likeness (QED) is 0.767. The average Bonchev–Trinajstić information content (AvgIpc) is 2.61. The Morgan fingerprint density at radius 3 is 2.46 bits per heavy atom. The topological polar surface area (TPSA) is 40.6 Å². The van der Waals surface area contributed by atoms with Gasteiger partial charge in [0.05, 0.1) is 4.90 Å². The number of aryl methyl sites for hydroxylation is 1. The fourth-order valence-corrected chi connectivity index (χ4v) is 5.26. The van der Waals surface area contributed by atoms with Crippen LogP contribution in [-0.2, 0) is 10.0 Å². The maximum atomic E-state index is 12.8. The largest absolute Gasteiger partial charge is 0.300 e. The predicted octanol–water partition coefficient (Wildman–Crippen LogP) is 3.19. The Morgan fingerprint density at radius 2 is 1.79 bits per heavy atom. The van der Waals surface area contributed by atoms with Gasteiger partial charge in [0.25, 0.3) is 0 Å². The highest BCUT2D eigenvalue weighted by atomic mass is 32.2. The lowest BCUT2D eigenvalue weighted by Gasteiger charge is -2.34. The SMILES string of the molecule is Cc1ccccc1S(=O)(=O)N1CCN(CCC2=CCCCC2)CC1. The summed E-state index contributed by atoms with van der Waals surface area (Å²) in [6.45, 7) is 5.77. The molecular weight excluding hydrogens is 320 g/mol. The van der Waals surface area contributed by atoms with Crippen molar-refractivity contribution in [3.63, 3.8) is 0 Å². The van der Waals surface area contributed by atoms with Crippen molar-refractivity contribution in [1.82, 2.24) is 9.21 Å². The molecule has 1 saturated heterocycles. The summed E-state index contributed by atoms with van der Waals surface area (Å²) in [6, 6.07) is 7.26. The van der Waals surface area contributed by atoms with Crippen molar-refractivity contribution < 1.29 is 8.42 Å². The monoisotopic (exact) mass is 348 g/mol. The molecule has 132 valence electrons. The van der Waals surface area contributed by atoms with E-state index in [0.717, 1.165) is 31.6 Å². The number of allylic oxidation sites excluding steroid dienone is 1. The van der Waals surface area contributed by atoms with Crippen LogP contribution >= 0.6 is 0 Å². The van der Waals surface area contributed by atoms with Gasteiger partial charge in [-0.05, 0) is 50.7 Å². The van der Waals surface area contributed by atoms with Crippen molar-refractivity contribution in [3.05, 3.63) is 41.5 Å². The number of hydrogen-bond acceptors (Lipinski definition) is 3. The summed E-state index contributed by atoms with van der Waals surface area (Å²) in [5, 5.41) is 0. The maximum absolute atomic E-state index is 12.8. The Balaban J connectivity index is 1.55. The fraction of sp³-hybridized carbons (Fsp3) is 0.579. The smallest absolute Gasteiger partial charge is 0.243 e. The van der Waals surface area contributed by atoms with E-state index in [-0.39, 0.29) is 0 Å². The van der Waals surface area contributed by atoms with Gasteiger partial charge in [-0.15, -0.1) is 0 Å². The second-order valence-electron chi connectivity index (χ2n) is 6.87. The Morgan fingerprint density at radius 1 is 1.04 bits per heavy atom. The number of sulfonamides is 1. The third-order valence-electron chi connectivity index (χ3n) is 5.18. The Kier molecular flexibility index (Phi) is 5.74. The van der Waals surface area contributed by atoms with E-state index in [1.165, 1.54) is 25.7 Å². The zero-order valence-electron chi connectivity index (χ0n) is 14.6. The average molecular weight is 349 g/mol. The lowest BCUT2D eigenvalue weighted by atomic mass is 9.97. The molecule has 0 aromatic heterocycles. The van der Waals surface area contributed by atoms with Gasteiger partial charge in [-0.25, -0.2) is 8.42 Å². The first kappa shape index (κ1) is 17.6. The van der Waals surface area contributed by atoms with Crippen molar-refractivity contribution in [2.24, 2.45) is 0 Å². The van der Waals surface area contributed by atoms with Crippen LogP contribution in [0.5, 0.6) is 0 Å². The van der Waals surface area contributed by atoms with Crippen LogP contribution in [0, 0.1) is 6.92 Å². The molecule has 5 heteroatoms. The Labute approximate surface area is 146 Å². The van der Waals surface area contributed by atoms with E-state index in [4.69, 9.17) is 0 Å². The van der Waals surface area contributed by atoms with E-state index in [0.29, 0.717) is 18.0 Å². The lowest BCUT2D eigenvalue weighted by molar-refractivity contribution is 0.189. The number of rotatable bonds is 5. The first-order chi connectivity index (χ1) is 11.6. The molecule has 0 bridgehead atoms. The lowest BCUT2D eigenvalue weighted by Crippen LogP contribution is -2.48. The molecule has 4 nitrogen and oxygen atoms in total. The summed E-state index contributed by atoms with van der Waals surface area (Å²) >= 11 is 0. The molecule has 3 rings (SSSR count). The molecule has 24 heavy (non-hydrogen) atoms. The van der Waals surface area contributed by atoms with E-state index < -0.39 is 10.0 Å². The van der Waals surface area contributed by atoms with Crippen LogP contribution in [0.1, 0.15) is 37.7 Å². The molecule has 0 spiro atoms. The molecular formula is C19H28N2O2S. The van der Waals surface area contributed by atoms with Gasteiger partial charge in [-0.1, -0.05) is 29.8 Å². The van der Waals surface area contributed by atoms with E-state index in [1.807, 2.05) is 19.1 Å². The molecule has 1 heterocycles. The van der Waals surface area contributed by atoms with Crippen LogP contribution in [0.4, 0.5) is 0 Å². The first-order valence-electron chi connectivity index (χ1n) is 9.03. The minimum Gasteiger partial charge on any atom is -0.300 e. The summed E-state index contributed by atoms with van der Waals surface area (Å²) in [4.78, 5) is 2.85. The van der Waals surface area contributed by atoms with Crippen molar-refractivity contribution in [3.8, 4) is 0 Å². The van der Waals surface area contributed by atoms with Crippen molar-refractivity contribution in [1.29, 1.82) is 0 Å². The minimum absolute atomic E-state index is 0.450. The van der Waals surface area contributed by atoms with Crippen LogP contribution < -0.4 is 0 Å². The second kappa shape index (κ2) is 7.81. The van der Waals surface area contributed by atoms with E-state index in [1.54, 1.807) is 22.0 Å². The Hall–Kier alpha value is -1.17. The van der Waals surface area contributed by atoms with Crippen molar-refractivity contribution in [2.75, 3.05) is 32.7 Å². The number of hydrogen-bond donors (Lipinski definition) is 0. The highest BCUT2D eigenvalue weighted by molar-refractivity contribution is 7.89. The Bertz CT molecular complexity index is 689. The van der Waals surface area contributed by atoms with Crippen molar-refractivity contribution >= 4 is 10.0 Å². The van der Waals surface area contributed by atoms with Crippen LogP contribution in [0.15, 0.2) is 40.8 Å². The molecule has 0 N–H and O–H groups in total. The molecule has 0 saturated carbocycles. The molecule has 0 unspecified atom stereocenters. The third-order valence-corrected chi connectivity index (χ3v) is 7.24. The van der Waals surface area contributed by atoms with Gasteiger partial charge < -0.3 is 4.90 Å². The van der Waals surface area contributed by atoms with Gasteiger partial charge in [0.15, 0.2) is 0 Å². The van der Waals surface area contributed by atoms with Crippen LogP contribution in [0.2, 0.25) is 0 Å². The zero-order chi connectivity index (χ0) is 17.0. The van der Waals surface area contributed by atoms with E-state index in [9.17, 15) is 8.42 Å². The number of benzene rings is 1. The molecule has 1 aromatic carbocycles. The van der Waals surface area contributed by atoms with Gasteiger partial charge in [0.2, 0.25) is 10.0 Å². The standard InChI is InChI=1S/C19H28N2O2S/c1-17-7-5-6-10-19(17)24(22,23)21-15-13-20(14-16-21)12-11-18-8-3-2-4-9-18/h5-8,10H,2-4,9,11-16H2,1H3. The first-order valence-corrected chi connectivity index (χ1v) is 10.5. The van der Waals surface area contributed by atoms with Crippen molar-refractivity contribution in [2.45, 2.75) is 43.9 Å². The molecule has 1 aliphatic carbocycles. The van der Waals surface area contributed by atoms with Gasteiger partial charge >= 0.3 is 0 Å². The number of nitrogens with zero attached hydrogens (tertiary/aromatic N) is 2. The highest BCUT2D eigenvalue weighted by Crippen LogP contribution is 2.23. The second-order valence-corrected chi connectivity index (χ2v) is 8.78. The predicted molar refractivity (Wildman–Crippen MR) is 97.5 cm³/mol. The van der Waals surface area contributed by atoms with Gasteiger partial charge in [-0.3, -0.25) is 0 Å². The summed E-state index contributed by atoms with van der Waals surface area (Å²) in [5.41, 5.74) is 2.42. The van der Waals surface area contributed by atoms with E-state index >= 15 is 0 Å². The number of piperazine rings is 1. The summed E-state index contributed by atoms with van der Waals surface area (Å²) in [5.74, 6) is 0. The minimum atomic E-state index is -3.36. The molecule has 1 fully saturated rings. The van der Waals surface area contributed by atoms with Crippen LogP contribution in [0.25, 0.3) is 0 Å². The molecule has 0 atom stereocenters. The summed E-state index contributed by atoms with van der Waals surface area (Å²) in [6.07, 6.45) is 8.69. The highest BCUT2D eigenvalue weighted by Gasteiger charge is 2.29. The maximum Gasteiger partial charge on any atom is 0.243 e. The van der Waals surface area contributed by atoms with E-state index in [2.05, 4.69) is 11.0 Å². The van der Waals surface area contributed by atoms with Gasteiger partial charge in [0.1, 0.15) is 0 Å². The third kappa shape index (κ3) is 4.08. The van der Waals surface area contributed by atoms with Gasteiger partial charge in [0, 0.05) is 32.7 Å². The van der Waals surface area contributed by atoms with Crippen LogP contribution in [-0.4, -0.2) is 50.3 Å². The van der Waals surface area contributed by atoms with Gasteiger partial charge in [-0.2, -0.15) is 4.31 Å². The molecule has 0 amide bonds. The zero-order valence-corrected chi connectivity index (χ0v) is 15.4.